The molecule has 1 heterocycles. The second kappa shape index (κ2) is 8.32. The molecule has 7 nitrogen and oxygen atoms in total. The number of carbonyl (C=O) groups is 3. The van der Waals surface area contributed by atoms with Crippen LogP contribution in [0.25, 0.3) is 6.08 Å². The van der Waals surface area contributed by atoms with Gasteiger partial charge in [-0.05, 0) is 54.2 Å². The molecule has 1 fully saturated rings. The van der Waals surface area contributed by atoms with Gasteiger partial charge in [0, 0.05) is 4.47 Å². The number of amides is 2. The van der Waals surface area contributed by atoms with Crippen molar-refractivity contribution >= 4 is 57.1 Å². The molecule has 0 aromatic heterocycles. The number of hydrogen-bond acceptors (Lipinski definition) is 6. The number of hydrogen-bond donors (Lipinski definition) is 2. The Hall–Kier alpha value is -3.04. The summed E-state index contributed by atoms with van der Waals surface area (Å²) in [6.07, 6.45) is 1.38. The van der Waals surface area contributed by atoms with E-state index in [0.717, 1.165) is 4.47 Å². The lowest BCUT2D eigenvalue weighted by atomic mass is 10.1. The zero-order chi connectivity index (χ0) is 20.3. The minimum atomic E-state index is -0.599. The number of methoxy groups -OCH3 is 1. The zero-order valence-electron chi connectivity index (χ0n) is 14.4. The van der Waals surface area contributed by atoms with Crippen LogP contribution in [0.5, 0.6) is 11.5 Å². The van der Waals surface area contributed by atoms with Crippen LogP contribution in [0, 0.1) is 0 Å². The number of rotatable bonds is 4. The molecule has 0 atom stereocenters. The summed E-state index contributed by atoms with van der Waals surface area (Å²) in [5.41, 5.74) is 0.774. The highest BCUT2D eigenvalue weighted by Crippen LogP contribution is 2.30. The highest BCUT2D eigenvalue weighted by Gasteiger charge is 2.25. The van der Waals surface area contributed by atoms with Gasteiger partial charge in [-0.1, -0.05) is 28.1 Å². The quantitative estimate of drug-likeness (QED) is 0.239. The van der Waals surface area contributed by atoms with Crippen LogP contribution in [0.2, 0.25) is 0 Å². The van der Waals surface area contributed by atoms with Crippen LogP contribution in [-0.4, -0.2) is 30.0 Å². The molecule has 2 amide bonds. The highest BCUT2D eigenvalue weighted by atomic mass is 79.9. The van der Waals surface area contributed by atoms with Gasteiger partial charge in [-0.25, -0.2) is 4.79 Å². The third kappa shape index (κ3) is 4.44. The van der Waals surface area contributed by atoms with Crippen LogP contribution in [0.3, 0.4) is 0 Å². The molecule has 0 aliphatic carbocycles. The summed E-state index contributed by atoms with van der Waals surface area (Å²) >= 11 is 8.06. The maximum Gasteiger partial charge on any atom is 0.343 e. The zero-order valence-corrected chi connectivity index (χ0v) is 16.8. The molecule has 0 saturated carbocycles. The van der Waals surface area contributed by atoms with Gasteiger partial charge in [0.05, 0.1) is 12.7 Å². The normalized spacial score (nSPS) is 13.5. The molecule has 2 aromatic rings. The van der Waals surface area contributed by atoms with Crippen molar-refractivity contribution in [1.29, 1.82) is 0 Å². The molecule has 2 N–H and O–H groups in total. The molecule has 2 aromatic carbocycles. The largest absolute Gasteiger partial charge is 0.493 e. The second-order valence-electron chi connectivity index (χ2n) is 5.61. The van der Waals surface area contributed by atoms with E-state index >= 15 is 0 Å². The average Bonchev–Trinajstić information content (AvgIpc) is 2.65. The number of ether oxygens (including phenoxy) is 2. The minimum Gasteiger partial charge on any atom is -0.493 e. The highest BCUT2D eigenvalue weighted by molar-refractivity contribution is 9.10. The first-order chi connectivity index (χ1) is 13.4. The summed E-state index contributed by atoms with van der Waals surface area (Å²) in [4.78, 5) is 36.2. The summed E-state index contributed by atoms with van der Waals surface area (Å²) < 4.78 is 11.4. The SMILES string of the molecule is COc1cc(C=C2C(=O)NC(=S)NC2=O)ccc1OC(=O)c1cccc(Br)c1. The Morgan fingerprint density at radius 3 is 2.43 bits per heavy atom. The van der Waals surface area contributed by atoms with Crippen molar-refractivity contribution in [1.82, 2.24) is 10.6 Å². The van der Waals surface area contributed by atoms with E-state index in [4.69, 9.17) is 21.7 Å². The predicted octanol–water partition coefficient (Wildman–Crippen LogP) is 2.59. The first kappa shape index (κ1) is 19.7. The molecule has 1 aliphatic heterocycles. The summed E-state index contributed by atoms with van der Waals surface area (Å²) in [6.45, 7) is 0. The van der Waals surface area contributed by atoms with Gasteiger partial charge < -0.3 is 9.47 Å². The molecule has 9 heteroatoms. The number of benzene rings is 2. The van der Waals surface area contributed by atoms with E-state index in [2.05, 4.69) is 26.6 Å². The fourth-order valence-electron chi connectivity index (χ4n) is 2.41. The predicted molar refractivity (Wildman–Crippen MR) is 109 cm³/mol. The fraction of sp³-hybridized carbons (Fsp3) is 0.0526. The molecule has 1 aliphatic rings. The van der Waals surface area contributed by atoms with Gasteiger partial charge in [0.1, 0.15) is 5.57 Å². The van der Waals surface area contributed by atoms with Crippen molar-refractivity contribution in [2.75, 3.05) is 7.11 Å². The minimum absolute atomic E-state index is 0.0421. The maximum absolute atomic E-state index is 12.3. The van der Waals surface area contributed by atoms with Crippen molar-refractivity contribution in [3.05, 3.63) is 63.6 Å². The van der Waals surface area contributed by atoms with Crippen LogP contribution in [0.1, 0.15) is 15.9 Å². The van der Waals surface area contributed by atoms with Crippen LogP contribution >= 0.6 is 28.1 Å². The van der Waals surface area contributed by atoms with Gasteiger partial charge in [0.15, 0.2) is 16.6 Å². The lowest BCUT2D eigenvalue weighted by Gasteiger charge is -2.16. The summed E-state index contributed by atoms with van der Waals surface area (Å²) in [5, 5.41) is 4.67. The average molecular weight is 461 g/mol. The molecule has 1 saturated heterocycles. The van der Waals surface area contributed by atoms with Gasteiger partial charge in [0.2, 0.25) is 0 Å². The number of thiocarbonyl (C=S) groups is 1. The first-order valence-corrected chi connectivity index (χ1v) is 9.11. The Morgan fingerprint density at radius 2 is 1.79 bits per heavy atom. The van der Waals surface area contributed by atoms with E-state index in [-0.39, 0.29) is 22.2 Å². The molecule has 0 unspecified atom stereocenters. The van der Waals surface area contributed by atoms with Crippen molar-refractivity contribution in [2.45, 2.75) is 0 Å². The topological polar surface area (TPSA) is 93.7 Å². The van der Waals surface area contributed by atoms with E-state index in [1.54, 1.807) is 36.4 Å². The van der Waals surface area contributed by atoms with E-state index in [1.165, 1.54) is 19.3 Å². The fourth-order valence-corrected chi connectivity index (χ4v) is 2.99. The lowest BCUT2D eigenvalue weighted by Crippen LogP contribution is -2.51. The van der Waals surface area contributed by atoms with E-state index < -0.39 is 17.8 Å². The summed E-state index contributed by atoms with van der Waals surface area (Å²) in [7, 11) is 1.42. The standard InChI is InChI=1S/C19H13BrN2O5S/c1-26-15-8-10(7-13-16(23)21-19(28)22-17(13)24)5-6-14(15)27-18(25)11-3-2-4-12(20)9-11/h2-9H,1H3,(H2,21,22,23,24,28). The second-order valence-corrected chi connectivity index (χ2v) is 6.93. The van der Waals surface area contributed by atoms with Crippen molar-refractivity contribution in [3.8, 4) is 11.5 Å². The van der Waals surface area contributed by atoms with Crippen LogP contribution < -0.4 is 20.1 Å². The molecule has 28 heavy (non-hydrogen) atoms. The molecule has 0 spiro atoms. The van der Waals surface area contributed by atoms with Gasteiger partial charge in [0.25, 0.3) is 11.8 Å². The third-order valence-electron chi connectivity index (χ3n) is 3.71. The van der Waals surface area contributed by atoms with Gasteiger partial charge in [-0.3, -0.25) is 20.2 Å². The Balaban J connectivity index is 1.85. The Morgan fingerprint density at radius 1 is 1.07 bits per heavy atom. The van der Waals surface area contributed by atoms with Gasteiger partial charge in [-0.15, -0.1) is 0 Å². The molecule has 142 valence electrons. The Labute approximate surface area is 173 Å². The summed E-state index contributed by atoms with van der Waals surface area (Å²) in [5.74, 6) is -1.28. The smallest absolute Gasteiger partial charge is 0.343 e. The Kier molecular flexibility index (Phi) is 5.86. The Bertz CT molecular complexity index is 1010. The molecule has 3 rings (SSSR count). The van der Waals surface area contributed by atoms with Crippen molar-refractivity contribution in [2.24, 2.45) is 0 Å². The molecular formula is C19H13BrN2O5S. The number of nitrogens with one attached hydrogen (secondary N) is 2. The number of esters is 1. The van der Waals surface area contributed by atoms with E-state index in [1.807, 2.05) is 0 Å². The van der Waals surface area contributed by atoms with Crippen LogP contribution in [0.15, 0.2) is 52.5 Å². The van der Waals surface area contributed by atoms with Crippen molar-refractivity contribution < 1.29 is 23.9 Å². The third-order valence-corrected chi connectivity index (χ3v) is 4.40. The van der Waals surface area contributed by atoms with Gasteiger partial charge >= 0.3 is 5.97 Å². The molecule has 0 bridgehead atoms. The van der Waals surface area contributed by atoms with Gasteiger partial charge in [-0.2, -0.15) is 0 Å². The van der Waals surface area contributed by atoms with E-state index in [9.17, 15) is 14.4 Å². The van der Waals surface area contributed by atoms with Crippen LogP contribution in [0.4, 0.5) is 0 Å². The molecule has 0 radical (unpaired) electrons. The maximum atomic E-state index is 12.3. The van der Waals surface area contributed by atoms with Crippen molar-refractivity contribution in [3.63, 3.8) is 0 Å². The van der Waals surface area contributed by atoms with E-state index in [0.29, 0.717) is 11.1 Å². The molecular weight excluding hydrogens is 448 g/mol. The van der Waals surface area contributed by atoms with Crippen LogP contribution in [-0.2, 0) is 9.59 Å². The summed E-state index contributed by atoms with van der Waals surface area (Å²) in [6, 6.07) is 11.4. The number of halogens is 1. The number of carbonyl (C=O) groups excluding carboxylic acids is 3. The lowest BCUT2D eigenvalue weighted by molar-refractivity contribution is -0.123. The first-order valence-electron chi connectivity index (χ1n) is 7.91. The monoisotopic (exact) mass is 460 g/mol.